The SMILES string of the molecule is COC(=O)c1ccc(N2C(=O)C[C@@H](Sc3ccc(NC(=O)CCC(=O)O)cc3)C2=O)cc1. The number of benzene rings is 2. The molecule has 0 bridgehead atoms. The first-order valence-corrected chi connectivity index (χ1v) is 10.5. The number of esters is 1. The molecule has 2 N–H and O–H groups in total. The average Bonchev–Trinajstić information content (AvgIpc) is 3.06. The summed E-state index contributed by atoms with van der Waals surface area (Å²) in [6.07, 6.45) is -0.337. The molecule has 3 rings (SSSR count). The van der Waals surface area contributed by atoms with Crippen LogP contribution in [0.3, 0.4) is 0 Å². The summed E-state index contributed by atoms with van der Waals surface area (Å²) in [6.45, 7) is 0. The Balaban J connectivity index is 1.62. The molecule has 1 heterocycles. The van der Waals surface area contributed by atoms with Gasteiger partial charge in [0.1, 0.15) is 0 Å². The van der Waals surface area contributed by atoms with E-state index in [0.29, 0.717) is 16.9 Å². The third-order valence-corrected chi connectivity index (χ3v) is 5.83. The van der Waals surface area contributed by atoms with E-state index in [9.17, 15) is 24.0 Å². The van der Waals surface area contributed by atoms with Crippen LogP contribution >= 0.6 is 11.8 Å². The van der Waals surface area contributed by atoms with Crippen molar-refractivity contribution in [3.63, 3.8) is 0 Å². The minimum absolute atomic E-state index is 0.0376. The van der Waals surface area contributed by atoms with Gasteiger partial charge in [-0.3, -0.25) is 19.2 Å². The lowest BCUT2D eigenvalue weighted by Crippen LogP contribution is -2.31. The van der Waals surface area contributed by atoms with Gasteiger partial charge in [-0.05, 0) is 48.5 Å². The van der Waals surface area contributed by atoms with Crippen LogP contribution in [0.25, 0.3) is 0 Å². The van der Waals surface area contributed by atoms with Crippen molar-refractivity contribution in [2.24, 2.45) is 0 Å². The zero-order valence-electron chi connectivity index (χ0n) is 17.1. The van der Waals surface area contributed by atoms with Crippen LogP contribution in [-0.2, 0) is 23.9 Å². The highest BCUT2D eigenvalue weighted by Gasteiger charge is 2.40. The molecule has 32 heavy (non-hydrogen) atoms. The molecule has 1 aliphatic heterocycles. The van der Waals surface area contributed by atoms with Crippen molar-refractivity contribution in [3.05, 3.63) is 54.1 Å². The van der Waals surface area contributed by atoms with Crippen molar-refractivity contribution in [3.8, 4) is 0 Å². The van der Waals surface area contributed by atoms with E-state index in [1.54, 1.807) is 24.3 Å². The molecule has 0 spiro atoms. The molecule has 3 amide bonds. The Morgan fingerprint density at radius 2 is 1.72 bits per heavy atom. The van der Waals surface area contributed by atoms with Gasteiger partial charge in [-0.2, -0.15) is 0 Å². The maximum Gasteiger partial charge on any atom is 0.337 e. The van der Waals surface area contributed by atoms with Crippen molar-refractivity contribution in [2.75, 3.05) is 17.3 Å². The Kier molecular flexibility index (Phi) is 7.26. The van der Waals surface area contributed by atoms with Gasteiger partial charge in [-0.1, -0.05) is 0 Å². The van der Waals surface area contributed by atoms with E-state index in [1.807, 2.05) is 0 Å². The number of carboxylic acids is 1. The maximum atomic E-state index is 12.8. The Labute approximate surface area is 187 Å². The summed E-state index contributed by atoms with van der Waals surface area (Å²) in [6, 6.07) is 12.7. The van der Waals surface area contributed by atoms with Crippen LogP contribution in [-0.4, -0.2) is 47.1 Å². The molecule has 166 valence electrons. The number of nitrogens with zero attached hydrogens (tertiary/aromatic N) is 1. The van der Waals surface area contributed by atoms with Gasteiger partial charge in [0.15, 0.2) is 0 Å². The quantitative estimate of drug-likeness (QED) is 0.458. The van der Waals surface area contributed by atoms with Crippen LogP contribution in [0.1, 0.15) is 29.6 Å². The van der Waals surface area contributed by atoms with Crippen molar-refractivity contribution in [1.29, 1.82) is 0 Å². The number of methoxy groups -OCH3 is 1. The predicted octanol–water partition coefficient (Wildman–Crippen LogP) is 2.70. The fourth-order valence-corrected chi connectivity index (χ4v) is 4.11. The molecule has 2 aromatic rings. The van der Waals surface area contributed by atoms with Crippen LogP contribution < -0.4 is 10.2 Å². The Morgan fingerprint density at radius 1 is 1.06 bits per heavy atom. The monoisotopic (exact) mass is 456 g/mol. The first-order chi connectivity index (χ1) is 15.3. The van der Waals surface area contributed by atoms with Crippen LogP contribution in [0.15, 0.2) is 53.4 Å². The fourth-order valence-electron chi connectivity index (χ4n) is 3.06. The smallest absolute Gasteiger partial charge is 0.337 e. The summed E-state index contributed by atoms with van der Waals surface area (Å²) < 4.78 is 4.64. The summed E-state index contributed by atoms with van der Waals surface area (Å²) in [5.41, 5.74) is 1.21. The van der Waals surface area contributed by atoms with E-state index in [1.165, 1.54) is 43.1 Å². The number of aliphatic carboxylic acids is 1. The first-order valence-electron chi connectivity index (χ1n) is 9.62. The van der Waals surface area contributed by atoms with Gasteiger partial charge in [0.05, 0.1) is 30.0 Å². The molecule has 1 fully saturated rings. The van der Waals surface area contributed by atoms with Gasteiger partial charge in [0.25, 0.3) is 0 Å². The molecular weight excluding hydrogens is 436 g/mol. The number of imide groups is 1. The lowest BCUT2D eigenvalue weighted by atomic mass is 10.2. The lowest BCUT2D eigenvalue weighted by Gasteiger charge is -2.15. The van der Waals surface area contributed by atoms with Crippen LogP contribution in [0.5, 0.6) is 0 Å². The highest BCUT2D eigenvalue weighted by molar-refractivity contribution is 8.00. The molecule has 9 nitrogen and oxygen atoms in total. The minimum atomic E-state index is -1.05. The number of carbonyl (C=O) groups is 5. The second kappa shape index (κ2) is 10.1. The molecule has 1 aliphatic rings. The number of carbonyl (C=O) groups excluding carboxylic acids is 4. The lowest BCUT2D eigenvalue weighted by molar-refractivity contribution is -0.138. The molecule has 0 radical (unpaired) electrons. The number of amides is 3. The number of ether oxygens (including phenoxy) is 1. The molecule has 0 aromatic heterocycles. The van der Waals surface area contributed by atoms with E-state index in [-0.39, 0.29) is 31.1 Å². The average molecular weight is 456 g/mol. The summed E-state index contributed by atoms with van der Waals surface area (Å²) in [7, 11) is 1.27. The van der Waals surface area contributed by atoms with Crippen molar-refractivity contribution >= 4 is 52.8 Å². The van der Waals surface area contributed by atoms with E-state index in [2.05, 4.69) is 10.1 Å². The van der Waals surface area contributed by atoms with Crippen molar-refractivity contribution in [1.82, 2.24) is 0 Å². The van der Waals surface area contributed by atoms with Crippen LogP contribution in [0.2, 0.25) is 0 Å². The number of hydrogen-bond acceptors (Lipinski definition) is 7. The number of thioether (sulfide) groups is 1. The van der Waals surface area contributed by atoms with Gasteiger partial charge >= 0.3 is 11.9 Å². The van der Waals surface area contributed by atoms with Gasteiger partial charge < -0.3 is 15.2 Å². The zero-order chi connectivity index (χ0) is 23.3. The molecule has 2 aromatic carbocycles. The van der Waals surface area contributed by atoms with Gasteiger partial charge in [-0.15, -0.1) is 11.8 Å². The van der Waals surface area contributed by atoms with E-state index >= 15 is 0 Å². The number of hydrogen-bond donors (Lipinski definition) is 2. The second-order valence-corrected chi connectivity index (χ2v) is 8.16. The molecule has 1 saturated heterocycles. The molecule has 10 heteroatoms. The van der Waals surface area contributed by atoms with Crippen LogP contribution in [0.4, 0.5) is 11.4 Å². The number of nitrogens with one attached hydrogen (secondary N) is 1. The van der Waals surface area contributed by atoms with Crippen LogP contribution in [0, 0.1) is 0 Å². The third kappa shape index (κ3) is 5.52. The van der Waals surface area contributed by atoms with E-state index < -0.39 is 23.1 Å². The third-order valence-electron chi connectivity index (χ3n) is 4.63. The Morgan fingerprint density at radius 3 is 2.31 bits per heavy atom. The van der Waals surface area contributed by atoms with Crippen molar-refractivity contribution < 1.29 is 33.8 Å². The van der Waals surface area contributed by atoms with E-state index in [0.717, 1.165) is 9.80 Å². The minimum Gasteiger partial charge on any atom is -0.481 e. The summed E-state index contributed by atoms with van der Waals surface area (Å²) in [5, 5.41) is 10.6. The highest BCUT2D eigenvalue weighted by Crippen LogP contribution is 2.34. The van der Waals surface area contributed by atoms with Gasteiger partial charge in [-0.25, -0.2) is 9.69 Å². The Hall–Kier alpha value is -3.66. The number of carboxylic acid groups (broad SMARTS) is 1. The molecule has 0 unspecified atom stereocenters. The topological polar surface area (TPSA) is 130 Å². The summed E-state index contributed by atoms with van der Waals surface area (Å²) in [5.74, 6) is -2.64. The molecule has 0 saturated carbocycles. The molecule has 0 aliphatic carbocycles. The standard InChI is InChI=1S/C22H20N2O7S/c1-31-22(30)13-2-6-15(7-3-13)24-19(26)12-17(21(24)29)32-16-8-4-14(5-9-16)23-18(25)10-11-20(27)28/h2-9,17H,10-12H2,1H3,(H,23,25)(H,27,28)/t17-/m1/s1. The highest BCUT2D eigenvalue weighted by atomic mass is 32.2. The van der Waals surface area contributed by atoms with Gasteiger partial charge in [0, 0.05) is 23.4 Å². The van der Waals surface area contributed by atoms with E-state index in [4.69, 9.17) is 5.11 Å². The first kappa shape index (κ1) is 23.0. The second-order valence-electron chi connectivity index (χ2n) is 6.88. The Bertz CT molecular complexity index is 1050. The zero-order valence-corrected chi connectivity index (χ0v) is 17.9. The largest absolute Gasteiger partial charge is 0.481 e. The maximum absolute atomic E-state index is 12.8. The number of anilines is 2. The fraction of sp³-hybridized carbons (Fsp3) is 0.227. The normalized spacial score (nSPS) is 15.5. The number of rotatable bonds is 8. The molecular formula is C22H20N2O7S. The summed E-state index contributed by atoms with van der Waals surface area (Å²) >= 11 is 1.24. The van der Waals surface area contributed by atoms with Crippen molar-refractivity contribution in [2.45, 2.75) is 29.4 Å². The van der Waals surface area contributed by atoms with Gasteiger partial charge in [0.2, 0.25) is 17.7 Å². The summed E-state index contributed by atoms with van der Waals surface area (Å²) in [4.78, 5) is 60.9. The predicted molar refractivity (Wildman–Crippen MR) is 116 cm³/mol. The molecule has 1 atom stereocenters.